The van der Waals surface area contributed by atoms with Crippen molar-refractivity contribution in [3.63, 3.8) is 0 Å². The van der Waals surface area contributed by atoms with E-state index in [2.05, 4.69) is 10.6 Å². The zero-order valence-electron chi connectivity index (χ0n) is 10.8. The first-order valence-electron chi connectivity index (χ1n) is 6.55. The van der Waals surface area contributed by atoms with Crippen LogP contribution in [0.2, 0.25) is 0 Å². The smallest absolute Gasteiger partial charge is 0.224 e. The first-order valence-corrected chi connectivity index (χ1v) is 6.55. The minimum absolute atomic E-state index is 0.0724. The highest BCUT2D eigenvalue weighted by Gasteiger charge is 2.25. The SMILES string of the molecule is CCNC(=O)Cc1ccc(NC2CC(N)C2)cc1. The van der Waals surface area contributed by atoms with Crippen LogP contribution in [0, 0.1) is 0 Å². The maximum Gasteiger partial charge on any atom is 0.224 e. The molecule has 0 unspecified atom stereocenters. The second-order valence-corrected chi connectivity index (χ2v) is 4.90. The summed E-state index contributed by atoms with van der Waals surface area (Å²) >= 11 is 0. The number of rotatable bonds is 5. The summed E-state index contributed by atoms with van der Waals surface area (Å²) < 4.78 is 0. The zero-order valence-corrected chi connectivity index (χ0v) is 10.8. The van der Waals surface area contributed by atoms with Crippen LogP contribution in [0.5, 0.6) is 0 Å². The highest BCUT2D eigenvalue weighted by atomic mass is 16.1. The van der Waals surface area contributed by atoms with Crippen LogP contribution < -0.4 is 16.4 Å². The van der Waals surface area contributed by atoms with Gasteiger partial charge in [0, 0.05) is 24.3 Å². The van der Waals surface area contributed by atoms with Crippen LogP contribution in [0.15, 0.2) is 24.3 Å². The zero-order chi connectivity index (χ0) is 13.0. The molecule has 1 amide bonds. The molecule has 0 aromatic heterocycles. The van der Waals surface area contributed by atoms with Crippen molar-refractivity contribution in [2.45, 2.75) is 38.3 Å². The quantitative estimate of drug-likeness (QED) is 0.734. The summed E-state index contributed by atoms with van der Waals surface area (Å²) in [4.78, 5) is 11.4. The first kappa shape index (κ1) is 12.9. The molecule has 1 aliphatic carbocycles. The Labute approximate surface area is 108 Å². The largest absolute Gasteiger partial charge is 0.382 e. The van der Waals surface area contributed by atoms with Gasteiger partial charge in [0.1, 0.15) is 0 Å². The summed E-state index contributed by atoms with van der Waals surface area (Å²) in [7, 11) is 0. The monoisotopic (exact) mass is 247 g/mol. The Morgan fingerprint density at radius 1 is 1.33 bits per heavy atom. The number of likely N-dealkylation sites (N-methyl/N-ethyl adjacent to an activating group) is 1. The fraction of sp³-hybridized carbons (Fsp3) is 0.500. The van der Waals surface area contributed by atoms with Gasteiger partial charge in [-0.1, -0.05) is 12.1 Å². The van der Waals surface area contributed by atoms with Gasteiger partial charge >= 0.3 is 0 Å². The van der Waals surface area contributed by atoms with Crippen molar-refractivity contribution in [2.24, 2.45) is 5.73 Å². The van der Waals surface area contributed by atoms with Gasteiger partial charge in [0.2, 0.25) is 5.91 Å². The molecule has 18 heavy (non-hydrogen) atoms. The lowest BCUT2D eigenvalue weighted by Gasteiger charge is -2.33. The molecule has 1 saturated carbocycles. The van der Waals surface area contributed by atoms with Gasteiger partial charge in [-0.3, -0.25) is 4.79 Å². The Bertz CT molecular complexity index is 396. The van der Waals surface area contributed by atoms with Crippen molar-refractivity contribution < 1.29 is 4.79 Å². The van der Waals surface area contributed by atoms with Gasteiger partial charge in [-0.25, -0.2) is 0 Å². The summed E-state index contributed by atoms with van der Waals surface area (Å²) in [6, 6.07) is 8.91. The van der Waals surface area contributed by atoms with Crippen molar-refractivity contribution in [3.05, 3.63) is 29.8 Å². The van der Waals surface area contributed by atoms with Crippen molar-refractivity contribution >= 4 is 11.6 Å². The second kappa shape index (κ2) is 5.87. The fourth-order valence-corrected chi connectivity index (χ4v) is 2.18. The normalized spacial score (nSPS) is 22.1. The molecule has 98 valence electrons. The Hall–Kier alpha value is -1.55. The van der Waals surface area contributed by atoms with Crippen molar-refractivity contribution in [1.82, 2.24) is 5.32 Å². The van der Waals surface area contributed by atoms with Crippen molar-refractivity contribution in [3.8, 4) is 0 Å². The van der Waals surface area contributed by atoms with Crippen LogP contribution >= 0.6 is 0 Å². The average Bonchev–Trinajstić information content (AvgIpc) is 2.30. The second-order valence-electron chi connectivity index (χ2n) is 4.90. The van der Waals surface area contributed by atoms with Crippen molar-refractivity contribution in [2.75, 3.05) is 11.9 Å². The third-order valence-electron chi connectivity index (χ3n) is 3.24. The molecule has 0 spiro atoms. The van der Waals surface area contributed by atoms with E-state index in [1.807, 2.05) is 31.2 Å². The van der Waals surface area contributed by atoms with Crippen LogP contribution in [-0.4, -0.2) is 24.5 Å². The number of hydrogen-bond donors (Lipinski definition) is 3. The third kappa shape index (κ3) is 3.47. The Balaban J connectivity index is 1.83. The molecule has 4 N–H and O–H groups in total. The lowest BCUT2D eigenvalue weighted by atomic mass is 9.87. The molecular weight excluding hydrogens is 226 g/mol. The van der Waals surface area contributed by atoms with Gasteiger partial charge in [0.25, 0.3) is 0 Å². The van der Waals surface area contributed by atoms with Crippen LogP contribution in [0.1, 0.15) is 25.3 Å². The maximum absolute atomic E-state index is 11.4. The predicted molar refractivity (Wildman–Crippen MR) is 73.4 cm³/mol. The fourth-order valence-electron chi connectivity index (χ4n) is 2.18. The van der Waals surface area contributed by atoms with Gasteiger partial charge in [0.05, 0.1) is 6.42 Å². The number of carbonyl (C=O) groups is 1. The molecule has 2 rings (SSSR count). The molecule has 0 saturated heterocycles. The van der Waals surface area contributed by atoms with Crippen LogP contribution in [0.25, 0.3) is 0 Å². The highest BCUT2D eigenvalue weighted by Crippen LogP contribution is 2.22. The summed E-state index contributed by atoms with van der Waals surface area (Å²) in [5, 5.41) is 6.23. The number of benzene rings is 1. The number of carbonyl (C=O) groups excluding carboxylic acids is 1. The summed E-state index contributed by atoms with van der Waals surface area (Å²) in [6.45, 7) is 2.61. The summed E-state index contributed by atoms with van der Waals surface area (Å²) in [5.41, 5.74) is 7.89. The number of nitrogens with one attached hydrogen (secondary N) is 2. The first-order chi connectivity index (χ1) is 8.67. The standard InChI is InChI=1S/C14H21N3O/c1-2-16-14(18)7-10-3-5-12(6-4-10)17-13-8-11(15)9-13/h3-6,11,13,17H,2,7-9,15H2,1H3,(H,16,18). The molecule has 1 fully saturated rings. The van der Waals surface area contributed by atoms with Gasteiger partial charge in [-0.2, -0.15) is 0 Å². The van der Waals surface area contributed by atoms with E-state index in [0.717, 1.165) is 24.1 Å². The van der Waals surface area contributed by atoms with Crippen LogP contribution in [0.4, 0.5) is 5.69 Å². The lowest BCUT2D eigenvalue weighted by molar-refractivity contribution is -0.120. The van der Waals surface area contributed by atoms with Crippen LogP contribution in [0.3, 0.4) is 0 Å². The van der Waals surface area contributed by atoms with Gasteiger partial charge < -0.3 is 16.4 Å². The molecule has 0 radical (unpaired) electrons. The molecule has 0 atom stereocenters. The number of anilines is 1. The Morgan fingerprint density at radius 3 is 2.56 bits per heavy atom. The molecule has 1 aromatic carbocycles. The number of amides is 1. The van der Waals surface area contributed by atoms with E-state index in [1.165, 1.54) is 0 Å². The number of hydrogen-bond acceptors (Lipinski definition) is 3. The molecule has 0 bridgehead atoms. The summed E-state index contributed by atoms with van der Waals surface area (Å²) in [5.74, 6) is 0.0724. The van der Waals surface area contributed by atoms with E-state index in [4.69, 9.17) is 5.73 Å². The van der Waals surface area contributed by atoms with Crippen LogP contribution in [-0.2, 0) is 11.2 Å². The van der Waals surface area contributed by atoms with E-state index in [-0.39, 0.29) is 5.91 Å². The molecule has 0 aliphatic heterocycles. The molecule has 4 heteroatoms. The summed E-state index contributed by atoms with van der Waals surface area (Å²) in [6.07, 6.45) is 2.53. The minimum Gasteiger partial charge on any atom is -0.382 e. The molecule has 1 aliphatic rings. The van der Waals surface area contributed by atoms with E-state index in [1.54, 1.807) is 0 Å². The average molecular weight is 247 g/mol. The van der Waals surface area contributed by atoms with E-state index in [9.17, 15) is 4.79 Å². The maximum atomic E-state index is 11.4. The number of nitrogens with two attached hydrogens (primary N) is 1. The predicted octanol–water partition coefficient (Wildman–Crippen LogP) is 1.27. The molecule has 0 heterocycles. The third-order valence-corrected chi connectivity index (χ3v) is 3.24. The minimum atomic E-state index is 0.0724. The topological polar surface area (TPSA) is 67.2 Å². The highest BCUT2D eigenvalue weighted by molar-refractivity contribution is 5.78. The molecule has 1 aromatic rings. The Kier molecular flexibility index (Phi) is 4.20. The van der Waals surface area contributed by atoms with Crippen molar-refractivity contribution in [1.29, 1.82) is 0 Å². The molecule has 4 nitrogen and oxygen atoms in total. The van der Waals surface area contributed by atoms with Gasteiger partial charge in [-0.15, -0.1) is 0 Å². The Morgan fingerprint density at radius 2 is 2.00 bits per heavy atom. The van der Waals surface area contributed by atoms with Gasteiger partial charge in [-0.05, 0) is 37.5 Å². The van der Waals surface area contributed by atoms with E-state index >= 15 is 0 Å². The van der Waals surface area contributed by atoms with E-state index < -0.39 is 0 Å². The molecular formula is C14H21N3O. The van der Waals surface area contributed by atoms with E-state index in [0.29, 0.717) is 25.0 Å². The van der Waals surface area contributed by atoms with Gasteiger partial charge in [0.15, 0.2) is 0 Å². The lowest BCUT2D eigenvalue weighted by Crippen LogP contribution is -2.44.